The van der Waals surface area contributed by atoms with Gasteiger partial charge in [-0.1, -0.05) is 29.3 Å². The molecule has 0 fully saturated rings. The number of nitrogens with zero attached hydrogens (tertiary/aromatic N) is 3. The standard InChI is InChI=1S/C16H13Cl2N3O/c1-11-6-14(4-5-15(11)18)22-8-12-2-3-13(17)7-16(12)21-10-19-9-20-21/h2-7,9-10H,8H2,1H3. The second-order valence-corrected chi connectivity index (χ2v) is 5.66. The molecule has 4 nitrogen and oxygen atoms in total. The van der Waals surface area contributed by atoms with Crippen LogP contribution >= 0.6 is 23.2 Å². The van der Waals surface area contributed by atoms with E-state index in [0.29, 0.717) is 11.6 Å². The van der Waals surface area contributed by atoms with Gasteiger partial charge in [0.05, 0.1) is 5.69 Å². The average molecular weight is 334 g/mol. The fourth-order valence-electron chi connectivity index (χ4n) is 2.07. The van der Waals surface area contributed by atoms with E-state index in [1.807, 2.05) is 43.3 Å². The molecule has 0 amide bonds. The largest absolute Gasteiger partial charge is 0.489 e. The molecule has 112 valence electrons. The highest BCUT2D eigenvalue weighted by Gasteiger charge is 2.08. The lowest BCUT2D eigenvalue weighted by Crippen LogP contribution is -2.04. The molecule has 0 aliphatic rings. The van der Waals surface area contributed by atoms with Crippen LogP contribution in [0.4, 0.5) is 0 Å². The van der Waals surface area contributed by atoms with E-state index >= 15 is 0 Å². The monoisotopic (exact) mass is 333 g/mol. The third kappa shape index (κ3) is 3.24. The second-order valence-electron chi connectivity index (χ2n) is 4.81. The van der Waals surface area contributed by atoms with Crippen molar-refractivity contribution in [3.63, 3.8) is 0 Å². The smallest absolute Gasteiger partial charge is 0.138 e. The lowest BCUT2D eigenvalue weighted by molar-refractivity contribution is 0.305. The summed E-state index contributed by atoms with van der Waals surface area (Å²) < 4.78 is 7.51. The number of hydrogen-bond donors (Lipinski definition) is 0. The van der Waals surface area contributed by atoms with Crippen LogP contribution in [0, 0.1) is 6.92 Å². The molecule has 3 rings (SSSR count). The van der Waals surface area contributed by atoms with Crippen molar-refractivity contribution in [2.24, 2.45) is 0 Å². The summed E-state index contributed by atoms with van der Waals surface area (Å²) in [6.07, 6.45) is 3.11. The van der Waals surface area contributed by atoms with E-state index in [9.17, 15) is 0 Å². The molecule has 3 aromatic rings. The molecule has 0 atom stereocenters. The molecule has 0 aliphatic heterocycles. The van der Waals surface area contributed by atoms with Crippen molar-refractivity contribution in [1.29, 1.82) is 0 Å². The Labute approximate surface area is 138 Å². The first-order valence-corrected chi connectivity index (χ1v) is 7.41. The van der Waals surface area contributed by atoms with Gasteiger partial charge in [-0.15, -0.1) is 0 Å². The number of hydrogen-bond acceptors (Lipinski definition) is 3. The summed E-state index contributed by atoms with van der Waals surface area (Å²) in [6.45, 7) is 2.34. The molecule has 0 unspecified atom stereocenters. The normalized spacial score (nSPS) is 10.7. The van der Waals surface area contributed by atoms with E-state index in [1.165, 1.54) is 6.33 Å². The number of benzene rings is 2. The molecule has 6 heteroatoms. The van der Waals surface area contributed by atoms with Crippen molar-refractivity contribution in [3.05, 3.63) is 70.2 Å². The molecule has 1 heterocycles. The van der Waals surface area contributed by atoms with Gasteiger partial charge in [0.25, 0.3) is 0 Å². The Bertz CT molecular complexity index is 788. The second kappa shape index (κ2) is 6.38. The molecule has 0 bridgehead atoms. The maximum Gasteiger partial charge on any atom is 0.138 e. The van der Waals surface area contributed by atoms with Crippen molar-refractivity contribution in [2.75, 3.05) is 0 Å². The highest BCUT2D eigenvalue weighted by Crippen LogP contribution is 2.24. The predicted octanol–water partition coefficient (Wildman–Crippen LogP) is 4.46. The zero-order valence-electron chi connectivity index (χ0n) is 11.8. The van der Waals surface area contributed by atoms with Crippen LogP contribution in [0.25, 0.3) is 5.69 Å². The molecule has 0 N–H and O–H groups in total. The fourth-order valence-corrected chi connectivity index (χ4v) is 2.36. The van der Waals surface area contributed by atoms with Gasteiger partial charge in [-0.25, -0.2) is 9.67 Å². The van der Waals surface area contributed by atoms with Crippen molar-refractivity contribution >= 4 is 23.2 Å². The van der Waals surface area contributed by atoms with Gasteiger partial charge in [-0.3, -0.25) is 0 Å². The summed E-state index contributed by atoms with van der Waals surface area (Å²) in [5.74, 6) is 0.765. The van der Waals surface area contributed by atoms with Crippen LogP contribution in [0.5, 0.6) is 5.75 Å². The van der Waals surface area contributed by atoms with E-state index in [4.69, 9.17) is 27.9 Å². The quantitative estimate of drug-likeness (QED) is 0.707. The molecular weight excluding hydrogens is 321 g/mol. The first-order valence-electron chi connectivity index (χ1n) is 6.66. The van der Waals surface area contributed by atoms with Crippen molar-refractivity contribution in [2.45, 2.75) is 13.5 Å². The first-order chi connectivity index (χ1) is 10.6. The van der Waals surface area contributed by atoms with Crippen molar-refractivity contribution in [1.82, 2.24) is 14.8 Å². The highest BCUT2D eigenvalue weighted by atomic mass is 35.5. The molecule has 1 aromatic heterocycles. The average Bonchev–Trinajstić information content (AvgIpc) is 3.03. The summed E-state index contributed by atoms with van der Waals surface area (Å²) >= 11 is 12.1. The third-order valence-electron chi connectivity index (χ3n) is 3.24. The maximum absolute atomic E-state index is 6.07. The van der Waals surface area contributed by atoms with E-state index < -0.39 is 0 Å². The SMILES string of the molecule is Cc1cc(OCc2ccc(Cl)cc2-n2cncn2)ccc1Cl. The molecule has 0 aliphatic carbocycles. The Balaban J connectivity index is 1.84. The molecule has 0 saturated carbocycles. The van der Waals surface area contributed by atoms with Crippen LogP contribution < -0.4 is 4.74 Å². The van der Waals surface area contributed by atoms with Crippen LogP contribution in [0.2, 0.25) is 10.0 Å². The summed E-state index contributed by atoms with van der Waals surface area (Å²) in [5, 5.41) is 5.50. The minimum atomic E-state index is 0.396. The Morgan fingerprint density at radius 2 is 2.00 bits per heavy atom. The minimum absolute atomic E-state index is 0.396. The first kappa shape index (κ1) is 14.9. The van der Waals surface area contributed by atoms with Crippen LogP contribution in [0.1, 0.15) is 11.1 Å². The van der Waals surface area contributed by atoms with E-state index in [2.05, 4.69) is 10.1 Å². The van der Waals surface area contributed by atoms with Gasteiger partial charge in [0.2, 0.25) is 0 Å². The fraction of sp³-hybridized carbons (Fsp3) is 0.125. The number of ether oxygens (including phenoxy) is 1. The molecular formula is C16H13Cl2N3O. The van der Waals surface area contributed by atoms with E-state index in [1.54, 1.807) is 11.0 Å². The van der Waals surface area contributed by atoms with Gasteiger partial charge in [-0.05, 0) is 42.8 Å². The summed E-state index contributed by atoms with van der Waals surface area (Å²) in [7, 11) is 0. The van der Waals surface area contributed by atoms with Gasteiger partial charge >= 0.3 is 0 Å². The van der Waals surface area contributed by atoms with Gasteiger partial charge in [0, 0.05) is 15.6 Å². The van der Waals surface area contributed by atoms with Crippen LogP contribution in [-0.4, -0.2) is 14.8 Å². The number of rotatable bonds is 4. The number of halogens is 2. The van der Waals surface area contributed by atoms with Crippen LogP contribution in [0.15, 0.2) is 49.1 Å². The Hall–Kier alpha value is -2.04. The van der Waals surface area contributed by atoms with Crippen molar-refractivity contribution < 1.29 is 4.74 Å². The highest BCUT2D eigenvalue weighted by molar-refractivity contribution is 6.31. The molecule has 2 aromatic carbocycles. The molecule has 0 spiro atoms. The zero-order chi connectivity index (χ0) is 15.5. The van der Waals surface area contributed by atoms with Crippen molar-refractivity contribution in [3.8, 4) is 11.4 Å². The van der Waals surface area contributed by atoms with Crippen LogP contribution in [0.3, 0.4) is 0 Å². The van der Waals surface area contributed by atoms with E-state index in [0.717, 1.165) is 27.6 Å². The summed E-state index contributed by atoms with van der Waals surface area (Å²) in [6, 6.07) is 11.2. The molecule has 0 saturated heterocycles. The Morgan fingerprint density at radius 3 is 2.73 bits per heavy atom. The Morgan fingerprint density at radius 1 is 1.14 bits per heavy atom. The topological polar surface area (TPSA) is 39.9 Å². The van der Waals surface area contributed by atoms with Gasteiger partial charge in [-0.2, -0.15) is 5.10 Å². The Kier molecular flexibility index (Phi) is 4.32. The van der Waals surface area contributed by atoms with Gasteiger partial charge in [0.15, 0.2) is 0 Å². The summed E-state index contributed by atoms with van der Waals surface area (Å²) in [4.78, 5) is 3.96. The van der Waals surface area contributed by atoms with Gasteiger partial charge < -0.3 is 4.74 Å². The van der Waals surface area contributed by atoms with Gasteiger partial charge in [0.1, 0.15) is 25.0 Å². The third-order valence-corrected chi connectivity index (χ3v) is 3.90. The lowest BCUT2D eigenvalue weighted by Gasteiger charge is -2.12. The molecule has 0 radical (unpaired) electrons. The maximum atomic E-state index is 6.07. The number of aryl methyl sites for hydroxylation is 1. The minimum Gasteiger partial charge on any atom is -0.489 e. The zero-order valence-corrected chi connectivity index (χ0v) is 13.3. The number of aromatic nitrogens is 3. The van der Waals surface area contributed by atoms with E-state index in [-0.39, 0.29) is 0 Å². The predicted molar refractivity (Wildman–Crippen MR) is 86.9 cm³/mol. The van der Waals surface area contributed by atoms with Crippen LogP contribution in [-0.2, 0) is 6.61 Å². The molecule has 22 heavy (non-hydrogen) atoms. The lowest BCUT2D eigenvalue weighted by atomic mass is 10.2. The summed E-state index contributed by atoms with van der Waals surface area (Å²) in [5.41, 5.74) is 2.78.